The zero-order valence-electron chi connectivity index (χ0n) is 18.9. The second-order valence-corrected chi connectivity index (χ2v) is 8.83. The average molecular weight is 464 g/mol. The summed E-state index contributed by atoms with van der Waals surface area (Å²) in [6, 6.07) is 24.2. The van der Waals surface area contributed by atoms with Crippen molar-refractivity contribution in [1.82, 2.24) is 5.32 Å². The number of amides is 1. The molecule has 1 aliphatic heterocycles. The van der Waals surface area contributed by atoms with Gasteiger partial charge >= 0.3 is 0 Å². The summed E-state index contributed by atoms with van der Waals surface area (Å²) in [5.41, 5.74) is 4.14. The largest absolute Gasteiger partial charge is 0.497 e. The van der Waals surface area contributed by atoms with Crippen LogP contribution in [-0.2, 0) is 17.8 Å². The van der Waals surface area contributed by atoms with Crippen LogP contribution in [0.15, 0.2) is 72.8 Å². The maximum absolute atomic E-state index is 12.3. The van der Waals surface area contributed by atoms with E-state index in [0.29, 0.717) is 17.5 Å². The molecule has 2 N–H and O–H groups in total. The summed E-state index contributed by atoms with van der Waals surface area (Å²) >= 11 is 6.00. The lowest BCUT2D eigenvalue weighted by Gasteiger charge is -2.34. The van der Waals surface area contributed by atoms with E-state index in [-0.39, 0.29) is 5.91 Å². The minimum absolute atomic E-state index is 0.0482. The first kappa shape index (κ1) is 23.1. The molecule has 172 valence electrons. The van der Waals surface area contributed by atoms with Gasteiger partial charge < -0.3 is 20.3 Å². The Hall–Kier alpha value is -3.02. The van der Waals surface area contributed by atoms with Crippen LogP contribution in [0.2, 0.25) is 5.02 Å². The predicted molar refractivity (Wildman–Crippen MR) is 135 cm³/mol. The molecule has 1 saturated heterocycles. The van der Waals surface area contributed by atoms with E-state index in [1.165, 1.54) is 11.3 Å². The number of hydrogen-bond donors (Lipinski definition) is 2. The Bertz CT molecular complexity index is 1060. The molecule has 0 spiro atoms. The monoisotopic (exact) mass is 463 g/mol. The van der Waals surface area contributed by atoms with Crippen LogP contribution in [0, 0.1) is 0 Å². The molecule has 1 aliphatic rings. The smallest absolute Gasteiger partial charge is 0.228 e. The molecule has 0 unspecified atom stereocenters. The Kier molecular flexibility index (Phi) is 7.87. The molecule has 33 heavy (non-hydrogen) atoms. The number of ether oxygens (including phenoxy) is 1. The van der Waals surface area contributed by atoms with Crippen LogP contribution in [0.1, 0.15) is 24.0 Å². The van der Waals surface area contributed by atoms with Crippen molar-refractivity contribution in [2.45, 2.75) is 31.8 Å². The van der Waals surface area contributed by atoms with Gasteiger partial charge in [0.05, 0.1) is 13.5 Å². The highest BCUT2D eigenvalue weighted by molar-refractivity contribution is 6.30. The number of rotatable bonds is 8. The molecule has 0 atom stereocenters. The number of hydrogen-bond acceptors (Lipinski definition) is 4. The quantitative estimate of drug-likeness (QED) is 0.476. The third kappa shape index (κ3) is 6.73. The van der Waals surface area contributed by atoms with Crippen molar-refractivity contribution in [3.63, 3.8) is 0 Å². The van der Waals surface area contributed by atoms with Gasteiger partial charge in [-0.1, -0.05) is 35.9 Å². The number of benzene rings is 3. The van der Waals surface area contributed by atoms with Crippen LogP contribution in [0.5, 0.6) is 5.75 Å². The van der Waals surface area contributed by atoms with Gasteiger partial charge in [0.25, 0.3) is 0 Å². The molecule has 1 heterocycles. The molecule has 0 aliphatic carbocycles. The minimum Gasteiger partial charge on any atom is -0.497 e. The first-order chi connectivity index (χ1) is 16.1. The fourth-order valence-corrected chi connectivity index (χ4v) is 4.39. The molecule has 6 heteroatoms. The Labute approximate surface area is 200 Å². The maximum atomic E-state index is 12.3. The summed E-state index contributed by atoms with van der Waals surface area (Å²) in [7, 11) is 1.70. The molecule has 3 aromatic rings. The van der Waals surface area contributed by atoms with Crippen molar-refractivity contribution in [3.05, 3.63) is 88.9 Å². The molecule has 0 saturated carbocycles. The zero-order chi connectivity index (χ0) is 23.0. The molecular formula is C27H30ClN3O2. The fraction of sp³-hybridized carbons (Fsp3) is 0.296. The molecule has 0 aromatic heterocycles. The third-order valence-corrected chi connectivity index (χ3v) is 6.23. The van der Waals surface area contributed by atoms with Crippen molar-refractivity contribution >= 4 is 28.9 Å². The second kappa shape index (κ2) is 11.2. The predicted octanol–water partition coefficient (Wildman–Crippen LogP) is 5.29. The Balaban J connectivity index is 1.23. The highest BCUT2D eigenvalue weighted by atomic mass is 35.5. The lowest BCUT2D eigenvalue weighted by atomic mass is 10.0. The van der Waals surface area contributed by atoms with E-state index in [1.54, 1.807) is 13.2 Å². The number of nitrogens with one attached hydrogen (secondary N) is 2. The molecule has 0 bridgehead atoms. The van der Waals surface area contributed by atoms with Gasteiger partial charge in [-0.05, 0) is 72.5 Å². The second-order valence-electron chi connectivity index (χ2n) is 8.40. The van der Waals surface area contributed by atoms with Crippen LogP contribution >= 0.6 is 11.6 Å². The van der Waals surface area contributed by atoms with Crippen LogP contribution in [0.4, 0.5) is 11.4 Å². The normalized spacial score (nSPS) is 14.2. The number of carbonyl (C=O) groups excluding carboxylic acids is 1. The van der Waals surface area contributed by atoms with E-state index >= 15 is 0 Å². The van der Waals surface area contributed by atoms with Gasteiger partial charge in [-0.3, -0.25) is 4.79 Å². The molecular weight excluding hydrogens is 434 g/mol. The standard InChI is InChI=1S/C27H30ClN3O2/c1-33-26-7-3-5-21(17-26)19-29-23-12-14-31(15-13-23)25-10-8-24(9-11-25)30-27(32)18-20-4-2-6-22(28)16-20/h2-11,16-17,23,29H,12-15,18-19H2,1H3,(H,30,32). The van der Waals surface area contributed by atoms with E-state index in [2.05, 4.69) is 39.8 Å². The number of carbonyl (C=O) groups is 1. The number of nitrogens with zero attached hydrogens (tertiary/aromatic N) is 1. The van der Waals surface area contributed by atoms with Gasteiger partial charge in [0.15, 0.2) is 0 Å². The Morgan fingerprint density at radius 1 is 1.00 bits per heavy atom. The van der Waals surface area contributed by atoms with Gasteiger partial charge in [-0.15, -0.1) is 0 Å². The molecule has 4 rings (SSSR count). The van der Waals surface area contributed by atoms with E-state index in [4.69, 9.17) is 16.3 Å². The summed E-state index contributed by atoms with van der Waals surface area (Å²) in [5, 5.41) is 7.29. The third-order valence-electron chi connectivity index (χ3n) is 5.99. The van der Waals surface area contributed by atoms with Crippen molar-refractivity contribution in [2.24, 2.45) is 0 Å². The van der Waals surface area contributed by atoms with Gasteiger partial charge in [-0.2, -0.15) is 0 Å². The summed E-state index contributed by atoms with van der Waals surface area (Å²) in [6.07, 6.45) is 2.50. The first-order valence-corrected chi connectivity index (χ1v) is 11.7. The number of methoxy groups -OCH3 is 1. The summed E-state index contributed by atoms with van der Waals surface area (Å²) < 4.78 is 5.31. The van der Waals surface area contributed by atoms with Gasteiger partial charge in [0.1, 0.15) is 5.75 Å². The molecule has 1 amide bonds. The van der Waals surface area contributed by atoms with Crippen LogP contribution < -0.4 is 20.3 Å². The topological polar surface area (TPSA) is 53.6 Å². The van der Waals surface area contributed by atoms with E-state index < -0.39 is 0 Å². The van der Waals surface area contributed by atoms with Crippen LogP contribution in [-0.4, -0.2) is 32.1 Å². The number of anilines is 2. The van der Waals surface area contributed by atoms with Gasteiger partial charge in [0.2, 0.25) is 5.91 Å². The summed E-state index contributed by atoms with van der Waals surface area (Å²) in [4.78, 5) is 14.7. The zero-order valence-corrected chi connectivity index (χ0v) is 19.6. The van der Waals surface area contributed by atoms with Crippen LogP contribution in [0.25, 0.3) is 0 Å². The van der Waals surface area contributed by atoms with E-state index in [1.807, 2.05) is 42.5 Å². The molecule has 0 radical (unpaired) electrons. The van der Waals surface area contributed by atoms with Crippen LogP contribution in [0.3, 0.4) is 0 Å². The SMILES string of the molecule is COc1cccc(CNC2CCN(c3ccc(NC(=O)Cc4cccc(Cl)c4)cc3)CC2)c1. The van der Waals surface area contributed by atoms with E-state index in [9.17, 15) is 4.79 Å². The van der Waals surface area contributed by atoms with Crippen molar-refractivity contribution in [2.75, 3.05) is 30.4 Å². The molecule has 3 aromatic carbocycles. The highest BCUT2D eigenvalue weighted by Gasteiger charge is 2.19. The summed E-state index contributed by atoms with van der Waals surface area (Å²) in [5.74, 6) is 0.848. The average Bonchev–Trinajstić information content (AvgIpc) is 2.84. The highest BCUT2D eigenvalue weighted by Crippen LogP contribution is 2.23. The van der Waals surface area contributed by atoms with Crippen molar-refractivity contribution in [1.29, 1.82) is 0 Å². The first-order valence-electron chi connectivity index (χ1n) is 11.3. The summed E-state index contributed by atoms with van der Waals surface area (Å²) in [6.45, 7) is 2.87. The Morgan fingerprint density at radius 2 is 1.73 bits per heavy atom. The molecule has 5 nitrogen and oxygen atoms in total. The fourth-order valence-electron chi connectivity index (χ4n) is 4.18. The van der Waals surface area contributed by atoms with Crippen molar-refractivity contribution in [3.8, 4) is 5.75 Å². The lowest BCUT2D eigenvalue weighted by molar-refractivity contribution is -0.115. The van der Waals surface area contributed by atoms with Crippen molar-refractivity contribution < 1.29 is 9.53 Å². The maximum Gasteiger partial charge on any atom is 0.228 e. The number of piperidine rings is 1. The number of halogens is 1. The minimum atomic E-state index is -0.0482. The Morgan fingerprint density at radius 3 is 2.45 bits per heavy atom. The van der Waals surface area contributed by atoms with Gasteiger partial charge in [0, 0.05) is 42.1 Å². The molecule has 1 fully saturated rings. The van der Waals surface area contributed by atoms with E-state index in [0.717, 1.165) is 49.5 Å². The van der Waals surface area contributed by atoms with Gasteiger partial charge in [-0.25, -0.2) is 0 Å². The lowest BCUT2D eigenvalue weighted by Crippen LogP contribution is -2.42.